The third-order valence-electron chi connectivity index (χ3n) is 2.65. The predicted molar refractivity (Wildman–Crippen MR) is 65.2 cm³/mol. The summed E-state index contributed by atoms with van der Waals surface area (Å²) in [6.45, 7) is -0.159. The SMILES string of the molecule is N#Cc1sccc1S(=O)(=O)N1CCOC(C(=O)O)C1. The van der Waals surface area contributed by atoms with Crippen LogP contribution in [0.4, 0.5) is 0 Å². The average molecular weight is 302 g/mol. The average Bonchev–Trinajstić information content (AvgIpc) is 2.88. The molecule has 1 aliphatic heterocycles. The highest BCUT2D eigenvalue weighted by Gasteiger charge is 2.35. The van der Waals surface area contributed by atoms with E-state index in [1.807, 2.05) is 6.07 Å². The van der Waals surface area contributed by atoms with Gasteiger partial charge < -0.3 is 9.84 Å². The third-order valence-corrected chi connectivity index (χ3v) is 5.51. The molecule has 7 nitrogen and oxygen atoms in total. The van der Waals surface area contributed by atoms with Crippen molar-refractivity contribution in [3.05, 3.63) is 16.3 Å². The van der Waals surface area contributed by atoms with Crippen molar-refractivity contribution in [2.45, 2.75) is 11.0 Å². The standard InChI is InChI=1S/C10H10N2O5S2/c11-5-8-9(1-4-18-8)19(15,16)12-2-3-17-7(6-12)10(13)14/h1,4,7H,2-3,6H2,(H,13,14). The van der Waals surface area contributed by atoms with Crippen LogP contribution in [0.1, 0.15) is 4.88 Å². The molecule has 0 amide bonds. The molecule has 1 atom stereocenters. The second-order valence-corrected chi connectivity index (χ2v) is 6.61. The first kappa shape index (κ1) is 14.0. The first-order valence-electron chi connectivity index (χ1n) is 5.29. The lowest BCUT2D eigenvalue weighted by Crippen LogP contribution is -2.48. The molecule has 1 fully saturated rings. The molecule has 0 saturated carbocycles. The second-order valence-electron chi connectivity index (χ2n) is 3.79. The lowest BCUT2D eigenvalue weighted by molar-refractivity contribution is -0.153. The van der Waals surface area contributed by atoms with Gasteiger partial charge in [-0.05, 0) is 11.4 Å². The van der Waals surface area contributed by atoms with Crippen LogP contribution in [0.5, 0.6) is 0 Å². The maximum Gasteiger partial charge on any atom is 0.334 e. The summed E-state index contributed by atoms with van der Waals surface area (Å²) < 4.78 is 30.7. The van der Waals surface area contributed by atoms with Crippen LogP contribution >= 0.6 is 11.3 Å². The number of thiophene rings is 1. The Morgan fingerprint density at radius 3 is 3.00 bits per heavy atom. The first-order valence-corrected chi connectivity index (χ1v) is 7.61. The van der Waals surface area contributed by atoms with E-state index in [-0.39, 0.29) is 29.5 Å². The molecule has 0 bridgehead atoms. The Hall–Kier alpha value is -1.47. The number of nitriles is 1. The van der Waals surface area contributed by atoms with Gasteiger partial charge in [-0.3, -0.25) is 0 Å². The zero-order valence-electron chi connectivity index (χ0n) is 9.64. The van der Waals surface area contributed by atoms with Crippen LogP contribution in [0, 0.1) is 11.3 Å². The van der Waals surface area contributed by atoms with E-state index in [2.05, 4.69) is 0 Å². The van der Waals surface area contributed by atoms with E-state index in [1.54, 1.807) is 0 Å². The molecule has 1 aromatic rings. The fraction of sp³-hybridized carbons (Fsp3) is 0.400. The van der Waals surface area contributed by atoms with Crippen molar-refractivity contribution in [1.82, 2.24) is 4.31 Å². The number of ether oxygens (including phenoxy) is 1. The molecule has 102 valence electrons. The van der Waals surface area contributed by atoms with Crippen molar-refractivity contribution in [2.24, 2.45) is 0 Å². The van der Waals surface area contributed by atoms with Crippen LogP contribution in [0.15, 0.2) is 16.3 Å². The summed E-state index contributed by atoms with van der Waals surface area (Å²) in [4.78, 5) is 10.9. The fourth-order valence-electron chi connectivity index (χ4n) is 1.71. The number of hydrogen-bond donors (Lipinski definition) is 1. The maximum atomic E-state index is 12.3. The molecule has 2 heterocycles. The topological polar surface area (TPSA) is 108 Å². The molecule has 9 heteroatoms. The van der Waals surface area contributed by atoms with Gasteiger partial charge in [0.2, 0.25) is 10.0 Å². The number of carboxylic acids is 1. The van der Waals surface area contributed by atoms with Crippen molar-refractivity contribution >= 4 is 27.3 Å². The van der Waals surface area contributed by atoms with Gasteiger partial charge in [0, 0.05) is 6.54 Å². The van der Waals surface area contributed by atoms with Crippen LogP contribution in [0.2, 0.25) is 0 Å². The number of rotatable bonds is 3. The van der Waals surface area contributed by atoms with Crippen LogP contribution in [0.3, 0.4) is 0 Å². The quantitative estimate of drug-likeness (QED) is 0.848. The minimum atomic E-state index is -3.85. The molecule has 0 spiro atoms. The van der Waals surface area contributed by atoms with E-state index in [4.69, 9.17) is 15.1 Å². The van der Waals surface area contributed by atoms with Crippen molar-refractivity contribution in [1.29, 1.82) is 5.26 Å². The molecule has 2 rings (SSSR count). The lowest BCUT2D eigenvalue weighted by Gasteiger charge is -2.29. The summed E-state index contributed by atoms with van der Waals surface area (Å²) in [7, 11) is -3.85. The van der Waals surface area contributed by atoms with E-state index < -0.39 is 22.1 Å². The smallest absolute Gasteiger partial charge is 0.334 e. The summed E-state index contributed by atoms with van der Waals surface area (Å²) >= 11 is 1.03. The number of morpholine rings is 1. The highest BCUT2D eigenvalue weighted by Crippen LogP contribution is 2.25. The van der Waals surface area contributed by atoms with Gasteiger partial charge >= 0.3 is 5.97 Å². The van der Waals surface area contributed by atoms with Gasteiger partial charge in [-0.2, -0.15) is 9.57 Å². The Balaban J connectivity index is 2.30. The van der Waals surface area contributed by atoms with Crippen molar-refractivity contribution in [2.75, 3.05) is 19.7 Å². The molecule has 1 saturated heterocycles. The first-order chi connectivity index (χ1) is 8.96. The van der Waals surface area contributed by atoms with Gasteiger partial charge in [0.05, 0.1) is 13.2 Å². The largest absolute Gasteiger partial charge is 0.479 e. The Labute approximate surface area is 113 Å². The van der Waals surface area contributed by atoms with Gasteiger partial charge in [0.25, 0.3) is 0 Å². The van der Waals surface area contributed by atoms with Crippen molar-refractivity contribution in [3.63, 3.8) is 0 Å². The molecular weight excluding hydrogens is 292 g/mol. The van der Waals surface area contributed by atoms with Crippen LogP contribution in [-0.4, -0.2) is 49.6 Å². The third kappa shape index (κ3) is 2.62. The molecule has 1 unspecified atom stereocenters. The minimum Gasteiger partial charge on any atom is -0.479 e. The van der Waals surface area contributed by atoms with Gasteiger partial charge in [0.1, 0.15) is 15.8 Å². The molecule has 0 radical (unpaired) electrons. The normalized spacial score (nSPS) is 20.9. The van der Waals surface area contributed by atoms with Crippen LogP contribution < -0.4 is 0 Å². The Bertz CT molecular complexity index is 631. The van der Waals surface area contributed by atoms with E-state index in [1.165, 1.54) is 11.4 Å². The van der Waals surface area contributed by atoms with Gasteiger partial charge in [-0.1, -0.05) is 0 Å². The zero-order chi connectivity index (χ0) is 14.0. The monoisotopic (exact) mass is 302 g/mol. The van der Waals surface area contributed by atoms with Gasteiger partial charge in [0.15, 0.2) is 6.10 Å². The number of aliphatic carboxylic acids is 1. The zero-order valence-corrected chi connectivity index (χ0v) is 11.3. The summed E-state index contributed by atoms with van der Waals surface area (Å²) in [5, 5.41) is 19.2. The number of nitrogens with zero attached hydrogens (tertiary/aromatic N) is 2. The number of sulfonamides is 1. The summed E-state index contributed by atoms with van der Waals surface area (Å²) in [5.74, 6) is -1.20. The summed E-state index contributed by atoms with van der Waals surface area (Å²) in [6, 6.07) is 3.17. The maximum absolute atomic E-state index is 12.3. The van der Waals surface area contributed by atoms with Crippen LogP contribution in [0.25, 0.3) is 0 Å². The molecule has 1 N–H and O–H groups in total. The fourth-order valence-corrected chi connectivity index (χ4v) is 4.28. The molecule has 1 aromatic heterocycles. The highest BCUT2D eigenvalue weighted by atomic mass is 32.2. The number of hydrogen-bond acceptors (Lipinski definition) is 6. The number of carbonyl (C=O) groups is 1. The van der Waals surface area contributed by atoms with E-state index >= 15 is 0 Å². The molecule has 19 heavy (non-hydrogen) atoms. The Morgan fingerprint density at radius 2 is 2.37 bits per heavy atom. The minimum absolute atomic E-state index is 0.0161. The summed E-state index contributed by atoms with van der Waals surface area (Å²) in [5.41, 5.74) is 0. The highest BCUT2D eigenvalue weighted by molar-refractivity contribution is 7.89. The predicted octanol–water partition coefficient (Wildman–Crippen LogP) is 0.0939. The van der Waals surface area contributed by atoms with Crippen molar-refractivity contribution < 1.29 is 23.1 Å². The molecular formula is C10H10N2O5S2. The number of carboxylic acid groups (broad SMARTS) is 1. The summed E-state index contributed by atoms with van der Waals surface area (Å²) in [6.07, 6.45) is -1.17. The Morgan fingerprint density at radius 1 is 1.63 bits per heavy atom. The molecule has 1 aliphatic rings. The van der Waals surface area contributed by atoms with Crippen molar-refractivity contribution in [3.8, 4) is 6.07 Å². The Kier molecular flexibility index (Phi) is 3.86. The van der Waals surface area contributed by atoms with Crippen LogP contribution in [-0.2, 0) is 19.6 Å². The second kappa shape index (κ2) is 5.26. The van der Waals surface area contributed by atoms with Gasteiger partial charge in [-0.25, -0.2) is 13.2 Å². The lowest BCUT2D eigenvalue weighted by atomic mass is 10.3. The molecule has 0 aromatic carbocycles. The van der Waals surface area contributed by atoms with E-state index in [0.717, 1.165) is 15.6 Å². The van der Waals surface area contributed by atoms with E-state index in [9.17, 15) is 13.2 Å². The molecule has 0 aliphatic carbocycles. The van der Waals surface area contributed by atoms with E-state index in [0.29, 0.717) is 0 Å². The van der Waals surface area contributed by atoms with Gasteiger partial charge in [-0.15, -0.1) is 11.3 Å².